The van der Waals surface area contributed by atoms with Crippen molar-refractivity contribution in [3.63, 3.8) is 0 Å². The smallest absolute Gasteiger partial charge is 0.311 e. The number of rotatable bonds is 3. The van der Waals surface area contributed by atoms with Gasteiger partial charge < -0.3 is 19.6 Å². The third kappa shape index (κ3) is 2.61. The number of aliphatic hydroxyl groups excluding tert-OH is 1. The average Bonchev–Trinajstić information content (AvgIpc) is 2.99. The van der Waals surface area contributed by atoms with Gasteiger partial charge in [0.15, 0.2) is 5.11 Å². The molecule has 2 aromatic carbocycles. The number of carbonyl (C=O) groups is 1. The number of carbonyl (C=O) groups excluding carboxylic acids is 1. The molecule has 6 rings (SSSR count). The maximum atomic E-state index is 13.3. The van der Waals surface area contributed by atoms with Crippen molar-refractivity contribution in [2.45, 2.75) is 37.3 Å². The fraction of sp³-hybridized carbons (Fsp3) is 0.333. The van der Waals surface area contributed by atoms with Crippen molar-refractivity contribution >= 4 is 29.0 Å². The second-order valence-electron chi connectivity index (χ2n) is 7.53. The van der Waals surface area contributed by atoms with Gasteiger partial charge in [0.1, 0.15) is 11.9 Å². The Morgan fingerprint density at radius 1 is 1.11 bits per heavy atom. The zero-order valence-corrected chi connectivity index (χ0v) is 15.8. The highest BCUT2D eigenvalue weighted by Crippen LogP contribution is 2.46. The van der Waals surface area contributed by atoms with E-state index in [4.69, 9.17) is 17.0 Å². The van der Waals surface area contributed by atoms with Crippen LogP contribution in [0.4, 0.5) is 10.1 Å². The highest BCUT2D eigenvalue weighted by Gasteiger charge is 2.62. The SMILES string of the molecule is O=C1OC2C(O)CC1C1C2N(Cc2ccc(F)cc2)C(=S)N1c1ccccc1. The summed E-state index contributed by atoms with van der Waals surface area (Å²) >= 11 is 5.82. The molecule has 1 aliphatic carbocycles. The van der Waals surface area contributed by atoms with Gasteiger partial charge in [0, 0.05) is 12.2 Å². The predicted octanol–water partition coefficient (Wildman–Crippen LogP) is 2.48. The number of esters is 1. The van der Waals surface area contributed by atoms with Crippen LogP contribution in [0.5, 0.6) is 0 Å². The third-order valence-electron chi connectivity index (χ3n) is 5.94. The lowest BCUT2D eigenvalue weighted by molar-refractivity contribution is -0.194. The van der Waals surface area contributed by atoms with Gasteiger partial charge in [0.05, 0.1) is 24.1 Å². The van der Waals surface area contributed by atoms with E-state index in [1.165, 1.54) is 12.1 Å². The summed E-state index contributed by atoms with van der Waals surface area (Å²) in [5.41, 5.74) is 1.82. The zero-order valence-electron chi connectivity index (χ0n) is 14.9. The minimum Gasteiger partial charge on any atom is -0.457 e. The Bertz CT molecular complexity index is 923. The molecule has 144 valence electrons. The number of benzene rings is 2. The van der Waals surface area contributed by atoms with Gasteiger partial charge in [0.2, 0.25) is 0 Å². The number of para-hydroxylation sites is 1. The van der Waals surface area contributed by atoms with E-state index in [-0.39, 0.29) is 23.9 Å². The molecule has 0 radical (unpaired) electrons. The lowest BCUT2D eigenvalue weighted by atomic mass is 9.74. The maximum Gasteiger partial charge on any atom is 0.311 e. The molecule has 4 aliphatic rings. The number of nitrogens with zero attached hydrogens (tertiary/aromatic N) is 2. The molecule has 1 N–H and O–H groups in total. The molecule has 0 amide bonds. The quantitative estimate of drug-likeness (QED) is 0.633. The minimum atomic E-state index is -0.710. The lowest BCUT2D eigenvalue weighted by Gasteiger charge is -2.49. The molecule has 5 atom stereocenters. The fourth-order valence-corrected chi connectivity index (χ4v) is 5.13. The Labute approximate surface area is 167 Å². The Morgan fingerprint density at radius 3 is 2.54 bits per heavy atom. The zero-order chi connectivity index (χ0) is 19.4. The van der Waals surface area contributed by atoms with Crippen LogP contribution in [0.25, 0.3) is 0 Å². The van der Waals surface area contributed by atoms with Gasteiger partial charge in [-0.2, -0.15) is 0 Å². The van der Waals surface area contributed by atoms with E-state index in [1.807, 2.05) is 40.1 Å². The number of ether oxygens (including phenoxy) is 1. The van der Waals surface area contributed by atoms with E-state index >= 15 is 0 Å². The normalized spacial score (nSPS) is 31.1. The average molecular weight is 398 g/mol. The number of hydrogen-bond acceptors (Lipinski definition) is 4. The summed E-state index contributed by atoms with van der Waals surface area (Å²) < 4.78 is 18.9. The molecule has 0 spiro atoms. The van der Waals surface area contributed by atoms with Crippen LogP contribution in [0.1, 0.15) is 12.0 Å². The molecule has 2 aromatic rings. The number of fused-ring (bicyclic) bond motifs is 2. The van der Waals surface area contributed by atoms with Crippen LogP contribution in [0.3, 0.4) is 0 Å². The van der Waals surface area contributed by atoms with Gasteiger partial charge in [-0.1, -0.05) is 30.3 Å². The van der Waals surface area contributed by atoms with Crippen LogP contribution in [-0.4, -0.2) is 45.4 Å². The molecule has 3 saturated heterocycles. The molecule has 2 bridgehead atoms. The summed E-state index contributed by atoms with van der Waals surface area (Å²) in [5.74, 6) is -1.01. The first kappa shape index (κ1) is 17.6. The molecular weight excluding hydrogens is 379 g/mol. The number of aliphatic hydroxyl groups is 1. The monoisotopic (exact) mass is 398 g/mol. The highest BCUT2D eigenvalue weighted by molar-refractivity contribution is 7.80. The molecule has 5 nitrogen and oxygen atoms in total. The van der Waals surface area contributed by atoms with Crippen molar-refractivity contribution in [1.82, 2.24) is 4.90 Å². The summed E-state index contributed by atoms with van der Waals surface area (Å²) in [6.07, 6.45) is -0.964. The van der Waals surface area contributed by atoms with E-state index in [0.29, 0.717) is 18.1 Å². The summed E-state index contributed by atoms with van der Waals surface area (Å²) in [6.45, 7) is 0.455. The highest BCUT2D eigenvalue weighted by atomic mass is 32.1. The first-order valence-corrected chi connectivity index (χ1v) is 9.73. The van der Waals surface area contributed by atoms with Crippen molar-refractivity contribution < 1.29 is 19.0 Å². The Balaban J connectivity index is 1.56. The van der Waals surface area contributed by atoms with Gasteiger partial charge in [-0.3, -0.25) is 4.79 Å². The molecule has 1 saturated carbocycles. The van der Waals surface area contributed by atoms with Crippen LogP contribution in [0.15, 0.2) is 54.6 Å². The minimum absolute atomic E-state index is 0.190. The van der Waals surface area contributed by atoms with E-state index in [1.54, 1.807) is 12.1 Å². The van der Waals surface area contributed by atoms with Crippen molar-refractivity contribution in [3.8, 4) is 0 Å². The topological polar surface area (TPSA) is 53.0 Å². The lowest BCUT2D eigenvalue weighted by Crippen LogP contribution is -2.66. The predicted molar refractivity (Wildman–Crippen MR) is 105 cm³/mol. The van der Waals surface area contributed by atoms with E-state index < -0.39 is 18.1 Å². The molecule has 28 heavy (non-hydrogen) atoms. The number of anilines is 1. The molecular formula is C21H19FN2O3S. The van der Waals surface area contributed by atoms with Crippen molar-refractivity contribution in [3.05, 3.63) is 66.0 Å². The maximum absolute atomic E-state index is 13.3. The molecule has 0 aromatic heterocycles. The van der Waals surface area contributed by atoms with Crippen LogP contribution < -0.4 is 4.90 Å². The second-order valence-corrected chi connectivity index (χ2v) is 7.90. The Hall–Kier alpha value is -2.51. The van der Waals surface area contributed by atoms with Gasteiger partial charge in [-0.05, 0) is 48.5 Å². The van der Waals surface area contributed by atoms with E-state index in [0.717, 1.165) is 11.3 Å². The molecule has 7 heteroatoms. The number of thiocarbonyl (C=S) groups is 1. The molecule has 3 heterocycles. The van der Waals surface area contributed by atoms with Crippen LogP contribution >= 0.6 is 12.2 Å². The van der Waals surface area contributed by atoms with Crippen molar-refractivity contribution in [2.24, 2.45) is 5.92 Å². The van der Waals surface area contributed by atoms with Gasteiger partial charge in [-0.25, -0.2) is 4.39 Å². The van der Waals surface area contributed by atoms with Crippen molar-refractivity contribution in [1.29, 1.82) is 0 Å². The van der Waals surface area contributed by atoms with Gasteiger partial charge in [0.25, 0.3) is 0 Å². The Morgan fingerprint density at radius 2 is 1.82 bits per heavy atom. The van der Waals surface area contributed by atoms with Crippen LogP contribution in [0.2, 0.25) is 0 Å². The molecule has 3 aliphatic heterocycles. The summed E-state index contributed by atoms with van der Waals surface area (Å²) in [4.78, 5) is 16.5. The van der Waals surface area contributed by atoms with E-state index in [2.05, 4.69) is 0 Å². The van der Waals surface area contributed by atoms with Crippen molar-refractivity contribution in [2.75, 3.05) is 4.90 Å². The molecule has 4 fully saturated rings. The third-order valence-corrected chi connectivity index (χ3v) is 6.37. The first-order valence-electron chi connectivity index (χ1n) is 9.32. The summed E-state index contributed by atoms with van der Waals surface area (Å²) in [5, 5.41) is 11.1. The van der Waals surface area contributed by atoms with Crippen LogP contribution in [-0.2, 0) is 16.1 Å². The summed E-state index contributed by atoms with van der Waals surface area (Å²) in [7, 11) is 0. The first-order chi connectivity index (χ1) is 13.5. The number of hydrogen-bond donors (Lipinski definition) is 1. The molecule has 5 unspecified atom stereocenters. The van der Waals surface area contributed by atoms with Crippen LogP contribution in [0, 0.1) is 11.7 Å². The second kappa shape index (κ2) is 6.53. The Kier molecular flexibility index (Phi) is 4.10. The summed E-state index contributed by atoms with van der Waals surface area (Å²) in [6, 6.07) is 15.6. The number of halogens is 1. The van der Waals surface area contributed by atoms with Gasteiger partial charge >= 0.3 is 5.97 Å². The largest absolute Gasteiger partial charge is 0.457 e. The van der Waals surface area contributed by atoms with Gasteiger partial charge in [-0.15, -0.1) is 0 Å². The van der Waals surface area contributed by atoms with E-state index in [9.17, 15) is 14.3 Å². The fourth-order valence-electron chi connectivity index (χ4n) is 4.72. The standard InChI is InChI=1S/C21H19FN2O3S/c22-13-8-6-12(7-9-13)11-23-18-17(15-10-16(25)19(18)27-20(15)26)24(21(23)28)14-4-2-1-3-5-14/h1-9,15-19,25H,10-11H2.